The Kier molecular flexibility index (Phi) is 11.9. The van der Waals surface area contributed by atoms with Crippen LogP contribution in [0.2, 0.25) is 0 Å². The molecular weight excluding hydrogens is 427 g/mol. The first kappa shape index (κ1) is 22.2. The molecule has 2 rings (SSSR count). The number of ether oxygens (including phenoxy) is 1. The predicted molar refractivity (Wildman–Crippen MR) is 116 cm³/mol. The molecule has 0 amide bonds. The molecule has 0 spiro atoms. The van der Waals surface area contributed by atoms with Gasteiger partial charge in [-0.2, -0.15) is 0 Å². The third-order valence-electron chi connectivity index (χ3n) is 4.36. The molecule has 0 radical (unpaired) electrons. The van der Waals surface area contributed by atoms with Crippen molar-refractivity contribution in [1.82, 2.24) is 15.5 Å². The number of benzene rings is 1. The van der Waals surface area contributed by atoms with Gasteiger partial charge in [0, 0.05) is 39.8 Å². The zero-order valence-electron chi connectivity index (χ0n) is 15.6. The molecule has 5 nitrogen and oxygen atoms in total. The number of morpholine rings is 1. The zero-order valence-corrected chi connectivity index (χ0v) is 17.9. The summed E-state index contributed by atoms with van der Waals surface area (Å²) in [6.07, 6.45) is 3.68. The highest BCUT2D eigenvalue weighted by Crippen LogP contribution is 2.13. The van der Waals surface area contributed by atoms with Gasteiger partial charge in [-0.1, -0.05) is 44.0 Å². The summed E-state index contributed by atoms with van der Waals surface area (Å²) in [5, 5.41) is 6.82. The van der Waals surface area contributed by atoms with Crippen molar-refractivity contribution in [3.63, 3.8) is 0 Å². The molecule has 1 fully saturated rings. The Morgan fingerprint density at radius 1 is 1.12 bits per heavy atom. The summed E-state index contributed by atoms with van der Waals surface area (Å²) in [5.41, 5.74) is 2.72. The van der Waals surface area contributed by atoms with Crippen LogP contribution >= 0.6 is 24.0 Å². The first-order valence-corrected chi connectivity index (χ1v) is 9.15. The van der Waals surface area contributed by atoms with Gasteiger partial charge in [0.1, 0.15) is 0 Å². The Morgan fingerprint density at radius 2 is 1.84 bits per heavy atom. The minimum Gasteiger partial charge on any atom is -0.379 e. The van der Waals surface area contributed by atoms with Gasteiger partial charge >= 0.3 is 0 Å². The molecule has 1 aliphatic heterocycles. The highest BCUT2D eigenvalue weighted by molar-refractivity contribution is 14.0. The Hall–Kier alpha value is -0.860. The van der Waals surface area contributed by atoms with Crippen LogP contribution in [0.5, 0.6) is 0 Å². The van der Waals surface area contributed by atoms with Crippen molar-refractivity contribution >= 4 is 29.9 Å². The zero-order chi connectivity index (χ0) is 17.0. The number of hydrogen-bond acceptors (Lipinski definition) is 3. The topological polar surface area (TPSA) is 48.9 Å². The molecule has 1 aliphatic rings. The Bertz CT molecular complexity index is 504. The van der Waals surface area contributed by atoms with E-state index < -0.39 is 0 Å². The van der Waals surface area contributed by atoms with Crippen LogP contribution in [0.3, 0.4) is 0 Å². The van der Waals surface area contributed by atoms with Crippen LogP contribution in [-0.2, 0) is 17.8 Å². The van der Waals surface area contributed by atoms with E-state index in [1.54, 1.807) is 0 Å². The Labute approximate surface area is 169 Å². The van der Waals surface area contributed by atoms with Crippen molar-refractivity contribution in [3.8, 4) is 0 Å². The van der Waals surface area contributed by atoms with Gasteiger partial charge in [0.15, 0.2) is 5.96 Å². The van der Waals surface area contributed by atoms with E-state index >= 15 is 0 Å². The number of hydrogen-bond donors (Lipinski definition) is 2. The van der Waals surface area contributed by atoms with E-state index in [-0.39, 0.29) is 24.0 Å². The molecule has 0 saturated carbocycles. The van der Waals surface area contributed by atoms with Gasteiger partial charge in [-0.3, -0.25) is 9.89 Å². The van der Waals surface area contributed by atoms with Crippen LogP contribution in [0, 0.1) is 0 Å². The molecule has 6 heteroatoms. The predicted octanol–water partition coefficient (Wildman–Crippen LogP) is 2.99. The summed E-state index contributed by atoms with van der Waals surface area (Å²) in [4.78, 5) is 6.77. The van der Waals surface area contributed by atoms with Gasteiger partial charge in [0.2, 0.25) is 0 Å². The van der Waals surface area contributed by atoms with Crippen molar-refractivity contribution < 1.29 is 4.74 Å². The van der Waals surface area contributed by atoms with Gasteiger partial charge in [-0.25, -0.2) is 0 Å². The summed E-state index contributed by atoms with van der Waals surface area (Å²) in [6.45, 7) is 8.70. The molecule has 1 aromatic carbocycles. The first-order valence-electron chi connectivity index (χ1n) is 9.15. The van der Waals surface area contributed by atoms with E-state index in [0.29, 0.717) is 0 Å². The smallest absolute Gasteiger partial charge is 0.191 e. The molecule has 142 valence electrons. The van der Waals surface area contributed by atoms with E-state index in [2.05, 4.69) is 51.7 Å². The fourth-order valence-electron chi connectivity index (χ4n) is 2.87. The van der Waals surface area contributed by atoms with Crippen LogP contribution in [0.4, 0.5) is 0 Å². The van der Waals surface area contributed by atoms with E-state index in [1.807, 2.05) is 7.05 Å². The van der Waals surface area contributed by atoms with Crippen molar-refractivity contribution in [2.75, 3.05) is 39.9 Å². The van der Waals surface area contributed by atoms with Gasteiger partial charge in [-0.15, -0.1) is 24.0 Å². The second-order valence-corrected chi connectivity index (χ2v) is 6.22. The lowest BCUT2D eigenvalue weighted by Gasteiger charge is -2.27. The Morgan fingerprint density at radius 3 is 2.52 bits per heavy atom. The van der Waals surface area contributed by atoms with E-state index in [1.165, 1.54) is 30.4 Å². The summed E-state index contributed by atoms with van der Waals surface area (Å²) in [7, 11) is 1.83. The molecule has 0 unspecified atom stereocenters. The maximum Gasteiger partial charge on any atom is 0.191 e. The first-order chi connectivity index (χ1) is 11.8. The summed E-state index contributed by atoms with van der Waals surface area (Å²) >= 11 is 0. The number of nitrogens with one attached hydrogen (secondary N) is 2. The number of rotatable bonds is 8. The second kappa shape index (κ2) is 13.4. The number of nitrogens with zero attached hydrogens (tertiary/aromatic N) is 2. The standard InChI is InChI=1S/C19H32N4O.HI/c1-3-4-7-10-21-19(20-2)22-15-17-8-5-6-9-18(17)16-23-11-13-24-14-12-23;/h5-6,8-9H,3-4,7,10-16H2,1-2H3,(H2,20,21,22);1H. The number of halogens is 1. The van der Waals surface area contributed by atoms with Crippen LogP contribution in [-0.4, -0.2) is 50.8 Å². The highest BCUT2D eigenvalue weighted by atomic mass is 127. The molecule has 1 aromatic rings. The summed E-state index contributed by atoms with van der Waals surface area (Å²) < 4.78 is 5.44. The molecule has 2 N–H and O–H groups in total. The second-order valence-electron chi connectivity index (χ2n) is 6.22. The number of aliphatic imine (C=N–C) groups is 1. The number of unbranched alkanes of at least 4 members (excludes halogenated alkanes) is 2. The lowest BCUT2D eigenvalue weighted by atomic mass is 10.1. The Balaban J connectivity index is 0.00000312. The third-order valence-corrected chi connectivity index (χ3v) is 4.36. The van der Waals surface area contributed by atoms with E-state index in [4.69, 9.17) is 4.74 Å². The fourth-order valence-corrected chi connectivity index (χ4v) is 2.87. The van der Waals surface area contributed by atoms with E-state index in [0.717, 1.165) is 51.9 Å². The maximum atomic E-state index is 5.44. The van der Waals surface area contributed by atoms with Gasteiger partial charge < -0.3 is 15.4 Å². The molecule has 0 atom stereocenters. The van der Waals surface area contributed by atoms with E-state index in [9.17, 15) is 0 Å². The van der Waals surface area contributed by atoms with Crippen molar-refractivity contribution in [2.45, 2.75) is 39.3 Å². The summed E-state index contributed by atoms with van der Waals surface area (Å²) in [6, 6.07) is 8.66. The molecular formula is C19H33IN4O. The highest BCUT2D eigenvalue weighted by Gasteiger charge is 2.12. The average Bonchev–Trinajstić information content (AvgIpc) is 2.63. The van der Waals surface area contributed by atoms with Gasteiger partial charge in [0.25, 0.3) is 0 Å². The van der Waals surface area contributed by atoms with Crippen molar-refractivity contribution in [3.05, 3.63) is 35.4 Å². The molecule has 0 bridgehead atoms. The number of guanidine groups is 1. The monoisotopic (exact) mass is 460 g/mol. The SMILES string of the molecule is CCCCCNC(=NC)NCc1ccccc1CN1CCOCC1.I. The molecule has 0 aliphatic carbocycles. The van der Waals surface area contributed by atoms with Gasteiger partial charge in [-0.05, 0) is 17.5 Å². The van der Waals surface area contributed by atoms with Crippen LogP contribution < -0.4 is 10.6 Å². The van der Waals surface area contributed by atoms with Gasteiger partial charge in [0.05, 0.1) is 13.2 Å². The minimum atomic E-state index is 0. The normalized spacial score (nSPS) is 15.5. The average molecular weight is 460 g/mol. The van der Waals surface area contributed by atoms with Crippen molar-refractivity contribution in [1.29, 1.82) is 0 Å². The van der Waals surface area contributed by atoms with Crippen LogP contribution in [0.1, 0.15) is 37.3 Å². The van der Waals surface area contributed by atoms with Crippen molar-refractivity contribution in [2.24, 2.45) is 4.99 Å². The third kappa shape index (κ3) is 8.37. The van der Waals surface area contributed by atoms with Crippen LogP contribution in [0.25, 0.3) is 0 Å². The lowest BCUT2D eigenvalue weighted by molar-refractivity contribution is 0.0341. The molecule has 25 heavy (non-hydrogen) atoms. The molecule has 0 aromatic heterocycles. The maximum absolute atomic E-state index is 5.44. The molecule has 1 heterocycles. The quantitative estimate of drug-likeness (QED) is 0.271. The minimum absolute atomic E-state index is 0. The largest absolute Gasteiger partial charge is 0.379 e. The fraction of sp³-hybridized carbons (Fsp3) is 0.632. The molecule has 1 saturated heterocycles. The lowest BCUT2D eigenvalue weighted by Crippen LogP contribution is -2.38. The van der Waals surface area contributed by atoms with Crippen LogP contribution in [0.15, 0.2) is 29.3 Å². The summed E-state index contributed by atoms with van der Waals surface area (Å²) in [5.74, 6) is 0.882.